The monoisotopic (exact) mass is 501 g/mol. The van der Waals surface area contributed by atoms with Gasteiger partial charge >= 0.3 is 18.1 Å². The second kappa shape index (κ2) is 8.99. The van der Waals surface area contributed by atoms with Crippen molar-refractivity contribution in [1.82, 2.24) is 15.2 Å². The van der Waals surface area contributed by atoms with Crippen LogP contribution in [0.4, 0.5) is 23.7 Å². The van der Waals surface area contributed by atoms with Crippen molar-refractivity contribution in [2.24, 2.45) is 10.5 Å². The van der Waals surface area contributed by atoms with Crippen LogP contribution in [-0.2, 0) is 17.0 Å². The van der Waals surface area contributed by atoms with Gasteiger partial charge < -0.3 is 14.5 Å². The minimum absolute atomic E-state index is 0.0382. The van der Waals surface area contributed by atoms with Crippen LogP contribution in [0, 0.1) is 5.41 Å². The molecule has 1 N–H and O–H groups in total. The number of likely N-dealkylation sites (tertiary alicyclic amines) is 2. The molecule has 2 fully saturated rings. The molecule has 2 aromatic rings. The molecule has 0 bridgehead atoms. The van der Waals surface area contributed by atoms with Crippen molar-refractivity contribution in [3.8, 4) is 0 Å². The molecule has 0 radical (unpaired) electrons. The van der Waals surface area contributed by atoms with Gasteiger partial charge in [0.1, 0.15) is 0 Å². The number of para-hydroxylation sites is 1. The van der Waals surface area contributed by atoms with E-state index in [1.807, 2.05) is 35.2 Å². The predicted octanol–water partition coefficient (Wildman–Crippen LogP) is 4.51. The molecular formula is C26H30F3N5O2. The topological polar surface area (TPSA) is 60.4 Å². The van der Waals surface area contributed by atoms with Gasteiger partial charge in [-0.3, -0.25) is 10.3 Å². The van der Waals surface area contributed by atoms with Crippen LogP contribution in [0.1, 0.15) is 30.9 Å². The number of piperidine rings is 1. The Balaban J connectivity index is 1.29. The van der Waals surface area contributed by atoms with Crippen molar-refractivity contribution in [2.75, 3.05) is 38.1 Å². The van der Waals surface area contributed by atoms with Gasteiger partial charge in [-0.1, -0.05) is 42.5 Å². The third-order valence-electron chi connectivity index (χ3n) is 7.36. The molecule has 2 amide bonds. The van der Waals surface area contributed by atoms with E-state index in [-0.39, 0.29) is 6.03 Å². The van der Waals surface area contributed by atoms with Crippen molar-refractivity contribution < 1.29 is 22.7 Å². The van der Waals surface area contributed by atoms with Crippen molar-refractivity contribution in [3.05, 3.63) is 65.7 Å². The number of benzene rings is 2. The van der Waals surface area contributed by atoms with Crippen LogP contribution in [0.3, 0.4) is 0 Å². The van der Waals surface area contributed by atoms with Crippen molar-refractivity contribution in [3.63, 3.8) is 0 Å². The molecule has 7 nitrogen and oxygen atoms in total. The maximum Gasteiger partial charge on any atom is 0.470 e. The number of nitrogens with one attached hydrogen (secondary N) is 1. The Kier molecular flexibility index (Phi) is 6.10. The fraction of sp³-hybridized carbons (Fsp3) is 0.462. The van der Waals surface area contributed by atoms with Crippen LogP contribution in [0.5, 0.6) is 0 Å². The third kappa shape index (κ3) is 4.74. The predicted molar refractivity (Wildman–Crippen MR) is 130 cm³/mol. The molecule has 0 saturated carbocycles. The Morgan fingerprint density at radius 2 is 1.72 bits per heavy atom. The first kappa shape index (κ1) is 24.4. The Morgan fingerprint density at radius 3 is 2.28 bits per heavy atom. The fourth-order valence-corrected chi connectivity index (χ4v) is 5.39. The number of hydrazone groups is 1. The molecule has 10 heteroatoms. The second-order valence-corrected chi connectivity index (χ2v) is 10.2. The van der Waals surface area contributed by atoms with Crippen LogP contribution in [0.25, 0.3) is 0 Å². The zero-order valence-corrected chi connectivity index (χ0v) is 20.4. The Labute approximate surface area is 208 Å². The molecule has 3 aliphatic heterocycles. The van der Waals surface area contributed by atoms with Gasteiger partial charge in [-0.2, -0.15) is 13.2 Å². The summed E-state index contributed by atoms with van der Waals surface area (Å²) in [5, 5.41) is 3.30. The normalized spacial score (nSPS) is 23.5. The summed E-state index contributed by atoms with van der Waals surface area (Å²) in [5.41, 5.74) is 3.52. The lowest BCUT2D eigenvalue weighted by molar-refractivity contribution is -0.0888. The number of hydrogen-bond donors (Lipinski definition) is 1. The summed E-state index contributed by atoms with van der Waals surface area (Å²) in [6.45, 7) is 5.49. The standard InChI is InChI=1S/C26H30F3N5O2/c1-24(31-30-22(36-24)26(27,28)29)20-10-8-19(9-11-20)16-34(21-6-4-3-5-7-21)23(35)33-14-12-25(13-15-33)17-32(2)18-25/h3-11,31H,12-18H2,1-2H3/t24-/m0/s1. The van der Waals surface area contributed by atoms with Crippen molar-refractivity contribution in [2.45, 2.75) is 38.2 Å². The summed E-state index contributed by atoms with van der Waals surface area (Å²) in [6.07, 6.45) is -2.65. The number of ether oxygens (including phenoxy) is 1. The number of urea groups is 1. The lowest BCUT2D eigenvalue weighted by Crippen LogP contribution is -2.60. The van der Waals surface area contributed by atoms with E-state index >= 15 is 0 Å². The molecule has 1 atom stereocenters. The molecule has 0 unspecified atom stereocenters. The van der Waals surface area contributed by atoms with E-state index in [0.29, 0.717) is 17.5 Å². The van der Waals surface area contributed by atoms with Gasteiger partial charge in [-0.15, -0.1) is 5.10 Å². The summed E-state index contributed by atoms with van der Waals surface area (Å²) in [5.74, 6) is -1.30. The Morgan fingerprint density at radius 1 is 1.08 bits per heavy atom. The summed E-state index contributed by atoms with van der Waals surface area (Å²) in [6, 6.07) is 16.5. The Hall–Kier alpha value is -3.27. The number of amides is 2. The highest BCUT2D eigenvalue weighted by atomic mass is 19.4. The minimum Gasteiger partial charge on any atom is -0.441 e. The number of alkyl halides is 3. The first-order chi connectivity index (χ1) is 17.1. The van der Waals surface area contributed by atoms with Gasteiger partial charge in [0.05, 0.1) is 6.54 Å². The zero-order chi connectivity index (χ0) is 25.6. The highest BCUT2D eigenvalue weighted by molar-refractivity contribution is 5.92. The van der Waals surface area contributed by atoms with E-state index in [1.54, 1.807) is 29.2 Å². The first-order valence-electron chi connectivity index (χ1n) is 12.1. The SMILES string of the molecule is CN1CC2(CCN(C(=O)N(Cc3ccc([C@@]4(C)NN=C(C(F)(F)F)O4)cc3)c3ccccc3)CC2)C1. The molecule has 1 spiro atoms. The van der Waals surface area contributed by atoms with E-state index in [0.717, 1.165) is 50.3 Å². The van der Waals surface area contributed by atoms with Crippen LogP contribution in [-0.4, -0.2) is 61.1 Å². The maximum absolute atomic E-state index is 13.6. The van der Waals surface area contributed by atoms with Crippen LogP contribution in [0.2, 0.25) is 0 Å². The minimum atomic E-state index is -4.66. The van der Waals surface area contributed by atoms with E-state index in [9.17, 15) is 18.0 Å². The Bertz CT molecular complexity index is 1120. The van der Waals surface area contributed by atoms with Gasteiger partial charge in [-0.05, 0) is 43.0 Å². The molecule has 0 aliphatic carbocycles. The number of carbonyl (C=O) groups excluding carboxylic acids is 1. The molecule has 2 aromatic carbocycles. The van der Waals surface area contributed by atoms with Crippen LogP contribution < -0.4 is 10.3 Å². The lowest BCUT2D eigenvalue weighted by atomic mass is 9.72. The number of nitrogens with zero attached hydrogens (tertiary/aromatic N) is 4. The molecule has 192 valence electrons. The molecule has 3 heterocycles. The number of anilines is 1. The van der Waals surface area contributed by atoms with Gasteiger partial charge in [0.2, 0.25) is 5.72 Å². The molecule has 3 aliphatic rings. The smallest absolute Gasteiger partial charge is 0.441 e. The summed E-state index contributed by atoms with van der Waals surface area (Å²) in [7, 11) is 2.13. The highest BCUT2D eigenvalue weighted by Crippen LogP contribution is 2.40. The van der Waals surface area contributed by atoms with Crippen molar-refractivity contribution >= 4 is 17.6 Å². The van der Waals surface area contributed by atoms with Gasteiger partial charge in [0.25, 0.3) is 0 Å². The lowest BCUT2D eigenvalue weighted by Gasteiger charge is -2.53. The van der Waals surface area contributed by atoms with Crippen LogP contribution in [0.15, 0.2) is 59.7 Å². The van der Waals surface area contributed by atoms with Gasteiger partial charge in [0.15, 0.2) is 0 Å². The highest BCUT2D eigenvalue weighted by Gasteiger charge is 2.48. The van der Waals surface area contributed by atoms with Crippen LogP contribution >= 0.6 is 0 Å². The number of carbonyl (C=O) groups is 1. The largest absolute Gasteiger partial charge is 0.470 e. The van der Waals surface area contributed by atoms with Gasteiger partial charge in [-0.25, -0.2) is 4.79 Å². The molecule has 2 saturated heterocycles. The number of rotatable bonds is 4. The summed E-state index contributed by atoms with van der Waals surface area (Å²) < 4.78 is 44.0. The van der Waals surface area contributed by atoms with E-state index in [1.165, 1.54) is 6.92 Å². The van der Waals surface area contributed by atoms with Crippen molar-refractivity contribution in [1.29, 1.82) is 0 Å². The second-order valence-electron chi connectivity index (χ2n) is 10.2. The average Bonchev–Trinajstić information content (AvgIpc) is 3.27. The third-order valence-corrected chi connectivity index (χ3v) is 7.36. The van der Waals surface area contributed by atoms with E-state index in [4.69, 9.17) is 4.74 Å². The average molecular weight is 502 g/mol. The fourth-order valence-electron chi connectivity index (χ4n) is 5.39. The zero-order valence-electron chi connectivity index (χ0n) is 20.4. The molecule has 0 aromatic heterocycles. The summed E-state index contributed by atoms with van der Waals surface area (Å²) in [4.78, 5) is 19.6. The van der Waals surface area contributed by atoms with E-state index in [2.05, 4.69) is 22.5 Å². The summed E-state index contributed by atoms with van der Waals surface area (Å²) >= 11 is 0. The maximum atomic E-state index is 13.6. The van der Waals surface area contributed by atoms with Gasteiger partial charge in [0, 0.05) is 44.4 Å². The number of hydrogen-bond acceptors (Lipinski definition) is 5. The van der Waals surface area contributed by atoms with E-state index < -0.39 is 17.8 Å². The molecule has 5 rings (SSSR count). The quantitative estimate of drug-likeness (QED) is 0.670. The molecule has 36 heavy (non-hydrogen) atoms. The first-order valence-corrected chi connectivity index (χ1v) is 12.1. The molecular weight excluding hydrogens is 471 g/mol. The number of halogens is 3.